The summed E-state index contributed by atoms with van der Waals surface area (Å²) in [4.78, 5) is 2.54. The lowest BCUT2D eigenvalue weighted by Crippen LogP contribution is -2.39. The number of hydrogen-bond acceptors (Lipinski definition) is 2. The highest BCUT2D eigenvalue weighted by atomic mass is 79.9. The van der Waals surface area contributed by atoms with Crippen LogP contribution >= 0.6 is 15.9 Å². The van der Waals surface area contributed by atoms with Crippen molar-refractivity contribution in [3.05, 3.63) is 0 Å². The van der Waals surface area contributed by atoms with Crippen molar-refractivity contribution in [2.45, 2.75) is 31.8 Å². The molecule has 72 valence electrons. The van der Waals surface area contributed by atoms with E-state index < -0.39 is 0 Å². The fraction of sp³-hybridized carbons (Fsp3) is 1.00. The van der Waals surface area contributed by atoms with Crippen molar-refractivity contribution < 1.29 is 4.74 Å². The molecule has 0 aromatic carbocycles. The van der Waals surface area contributed by atoms with Crippen molar-refractivity contribution in [1.29, 1.82) is 0 Å². The standard InChI is InChI=1S/C9H18BrNO/c1-8(7-12-2)11(6-5-10)9-3-4-9/h8-9H,3-7H2,1-2H3. The first-order valence-corrected chi connectivity index (χ1v) is 5.72. The summed E-state index contributed by atoms with van der Waals surface area (Å²) in [5.41, 5.74) is 0. The lowest BCUT2D eigenvalue weighted by molar-refractivity contribution is 0.0987. The number of ether oxygens (including phenoxy) is 1. The molecule has 0 amide bonds. The van der Waals surface area contributed by atoms with Gasteiger partial charge in [-0.2, -0.15) is 0 Å². The molecule has 2 nitrogen and oxygen atoms in total. The van der Waals surface area contributed by atoms with Crippen molar-refractivity contribution in [3.8, 4) is 0 Å². The van der Waals surface area contributed by atoms with Crippen LogP contribution in [0.2, 0.25) is 0 Å². The van der Waals surface area contributed by atoms with Crippen LogP contribution in [0, 0.1) is 0 Å². The second-order valence-electron chi connectivity index (χ2n) is 3.46. The molecule has 0 heterocycles. The Balaban J connectivity index is 2.29. The van der Waals surface area contributed by atoms with E-state index in [2.05, 4.69) is 27.8 Å². The Bertz CT molecular complexity index is 128. The maximum absolute atomic E-state index is 5.15. The van der Waals surface area contributed by atoms with Crippen LogP contribution in [-0.2, 0) is 4.74 Å². The van der Waals surface area contributed by atoms with Crippen molar-refractivity contribution in [2.75, 3.05) is 25.6 Å². The van der Waals surface area contributed by atoms with Crippen LogP contribution in [0.5, 0.6) is 0 Å². The number of nitrogens with zero attached hydrogens (tertiary/aromatic N) is 1. The van der Waals surface area contributed by atoms with E-state index in [-0.39, 0.29) is 0 Å². The number of halogens is 1. The van der Waals surface area contributed by atoms with Gasteiger partial charge in [0.2, 0.25) is 0 Å². The first-order chi connectivity index (χ1) is 5.79. The van der Waals surface area contributed by atoms with Gasteiger partial charge < -0.3 is 4.74 Å². The molecule has 0 aromatic heterocycles. The van der Waals surface area contributed by atoms with Crippen molar-refractivity contribution in [1.82, 2.24) is 4.90 Å². The molecular formula is C9H18BrNO. The zero-order valence-corrected chi connectivity index (χ0v) is 9.51. The first-order valence-electron chi connectivity index (χ1n) is 4.60. The molecule has 3 heteroatoms. The van der Waals surface area contributed by atoms with Crippen LogP contribution in [-0.4, -0.2) is 42.6 Å². The Morgan fingerprint density at radius 3 is 2.67 bits per heavy atom. The number of hydrogen-bond donors (Lipinski definition) is 0. The van der Waals surface area contributed by atoms with Gasteiger partial charge in [-0.25, -0.2) is 0 Å². The highest BCUT2D eigenvalue weighted by molar-refractivity contribution is 9.09. The van der Waals surface area contributed by atoms with E-state index in [0.29, 0.717) is 6.04 Å². The predicted molar refractivity (Wildman–Crippen MR) is 54.9 cm³/mol. The van der Waals surface area contributed by atoms with Crippen LogP contribution in [0.25, 0.3) is 0 Å². The molecule has 1 saturated carbocycles. The summed E-state index contributed by atoms with van der Waals surface area (Å²) in [5.74, 6) is 0. The molecule has 0 spiro atoms. The first kappa shape index (κ1) is 10.5. The van der Waals surface area contributed by atoms with Gasteiger partial charge in [-0.15, -0.1) is 0 Å². The highest BCUT2D eigenvalue weighted by Gasteiger charge is 2.31. The molecule has 0 aliphatic heterocycles. The monoisotopic (exact) mass is 235 g/mol. The van der Waals surface area contributed by atoms with Crippen LogP contribution in [0.4, 0.5) is 0 Å². The summed E-state index contributed by atoms with van der Waals surface area (Å²) in [6, 6.07) is 1.41. The van der Waals surface area contributed by atoms with E-state index in [4.69, 9.17) is 4.74 Å². The molecule has 0 N–H and O–H groups in total. The van der Waals surface area contributed by atoms with Crippen LogP contribution < -0.4 is 0 Å². The van der Waals surface area contributed by atoms with Gasteiger partial charge in [0.1, 0.15) is 0 Å². The van der Waals surface area contributed by atoms with Gasteiger partial charge in [0, 0.05) is 31.1 Å². The lowest BCUT2D eigenvalue weighted by atomic mass is 10.3. The van der Waals surface area contributed by atoms with Gasteiger partial charge in [-0.1, -0.05) is 15.9 Å². The largest absolute Gasteiger partial charge is 0.383 e. The molecular weight excluding hydrogens is 218 g/mol. The zero-order valence-electron chi connectivity index (χ0n) is 7.92. The minimum Gasteiger partial charge on any atom is -0.383 e. The molecule has 0 saturated heterocycles. The third kappa shape index (κ3) is 3.04. The Labute approximate surface area is 83.4 Å². The second-order valence-corrected chi connectivity index (χ2v) is 4.26. The lowest BCUT2D eigenvalue weighted by Gasteiger charge is -2.27. The SMILES string of the molecule is COCC(C)N(CCBr)C1CC1. The van der Waals surface area contributed by atoms with E-state index in [1.54, 1.807) is 7.11 Å². The Morgan fingerprint density at radius 2 is 2.25 bits per heavy atom. The maximum atomic E-state index is 5.15. The van der Waals surface area contributed by atoms with E-state index in [0.717, 1.165) is 24.5 Å². The van der Waals surface area contributed by atoms with E-state index in [9.17, 15) is 0 Å². The van der Waals surface area contributed by atoms with Gasteiger partial charge in [0.05, 0.1) is 6.61 Å². The highest BCUT2D eigenvalue weighted by Crippen LogP contribution is 2.28. The average molecular weight is 236 g/mol. The van der Waals surface area contributed by atoms with E-state index >= 15 is 0 Å². The van der Waals surface area contributed by atoms with E-state index in [1.165, 1.54) is 12.8 Å². The summed E-state index contributed by atoms with van der Waals surface area (Å²) in [6.45, 7) is 4.24. The molecule has 1 unspecified atom stereocenters. The quantitative estimate of drug-likeness (QED) is 0.653. The van der Waals surface area contributed by atoms with Crippen molar-refractivity contribution >= 4 is 15.9 Å². The van der Waals surface area contributed by atoms with Crippen molar-refractivity contribution in [2.24, 2.45) is 0 Å². The van der Waals surface area contributed by atoms with Crippen LogP contribution in [0.1, 0.15) is 19.8 Å². The minimum absolute atomic E-state index is 0.569. The molecule has 12 heavy (non-hydrogen) atoms. The maximum Gasteiger partial charge on any atom is 0.0615 e. The fourth-order valence-corrected chi connectivity index (χ4v) is 2.01. The predicted octanol–water partition coefficient (Wildman–Crippen LogP) is 1.88. The van der Waals surface area contributed by atoms with Gasteiger partial charge in [0.15, 0.2) is 0 Å². The third-order valence-electron chi connectivity index (χ3n) is 2.33. The minimum atomic E-state index is 0.569. The van der Waals surface area contributed by atoms with Gasteiger partial charge in [0.25, 0.3) is 0 Å². The molecule has 0 bridgehead atoms. The molecule has 0 aromatic rings. The summed E-state index contributed by atoms with van der Waals surface area (Å²) in [5, 5.41) is 1.07. The number of rotatable bonds is 6. The Kier molecular flexibility index (Phi) is 4.54. The topological polar surface area (TPSA) is 12.5 Å². The number of methoxy groups -OCH3 is 1. The molecule has 1 fully saturated rings. The normalized spacial score (nSPS) is 20.0. The van der Waals surface area contributed by atoms with Gasteiger partial charge in [-0.3, -0.25) is 4.90 Å². The summed E-state index contributed by atoms with van der Waals surface area (Å²) in [6.07, 6.45) is 2.75. The summed E-state index contributed by atoms with van der Waals surface area (Å²) in [7, 11) is 1.77. The number of alkyl halides is 1. The smallest absolute Gasteiger partial charge is 0.0615 e. The molecule has 1 atom stereocenters. The Hall–Kier alpha value is 0.400. The molecule has 0 radical (unpaired) electrons. The fourth-order valence-electron chi connectivity index (χ4n) is 1.60. The molecule has 1 rings (SSSR count). The van der Waals surface area contributed by atoms with E-state index in [1.807, 2.05) is 0 Å². The van der Waals surface area contributed by atoms with Gasteiger partial charge in [-0.05, 0) is 19.8 Å². The summed E-state index contributed by atoms with van der Waals surface area (Å²) < 4.78 is 5.15. The average Bonchev–Trinajstić information content (AvgIpc) is 2.83. The molecule has 1 aliphatic rings. The molecule has 1 aliphatic carbocycles. The Morgan fingerprint density at radius 1 is 1.58 bits per heavy atom. The second kappa shape index (κ2) is 5.20. The van der Waals surface area contributed by atoms with Crippen molar-refractivity contribution in [3.63, 3.8) is 0 Å². The van der Waals surface area contributed by atoms with Crippen LogP contribution in [0.3, 0.4) is 0 Å². The van der Waals surface area contributed by atoms with Gasteiger partial charge >= 0.3 is 0 Å². The summed E-state index contributed by atoms with van der Waals surface area (Å²) >= 11 is 3.48. The zero-order chi connectivity index (χ0) is 8.97. The van der Waals surface area contributed by atoms with Crippen LogP contribution in [0.15, 0.2) is 0 Å². The third-order valence-corrected chi connectivity index (χ3v) is 2.69.